The van der Waals surface area contributed by atoms with E-state index in [2.05, 4.69) is 45.8 Å². The van der Waals surface area contributed by atoms with Crippen molar-refractivity contribution in [3.8, 4) is 34.3 Å². The third-order valence-corrected chi connectivity index (χ3v) is 12.9. The van der Waals surface area contributed by atoms with Crippen molar-refractivity contribution >= 4 is 44.4 Å². The van der Waals surface area contributed by atoms with Gasteiger partial charge in [0.05, 0.1) is 55.4 Å². The summed E-state index contributed by atoms with van der Waals surface area (Å²) in [6.45, 7) is 10.8. The number of sulfone groups is 1. The number of aromatic nitrogens is 5. The quantitative estimate of drug-likeness (QED) is 0.0963. The standard InChI is InChI=1S/C50H53F2N9O8S/c1-6-67-48-44(29-42(56-58-48)40-26-35(12-10-32(40)3)54-46(62)33-8-7-9-38(24-33)70(5,64)65)61-19-23-68-37(30-61)15-20-69-49-43(60-17-21-66-22-18-60)28-41(57-59-49)39-27-36(13-11-31(39)2)55-47(63)34-14-16-53-45(25-34)50(4,51)52/h7-14,16,24-29,37H,6,15,17-23,30H2,1-5H3,(H,54,62)(H,55,63). The predicted molar refractivity (Wildman–Crippen MR) is 260 cm³/mol. The highest BCUT2D eigenvalue weighted by Crippen LogP contribution is 2.36. The maximum absolute atomic E-state index is 14.0. The molecular weight excluding hydrogens is 925 g/mol. The second-order valence-corrected chi connectivity index (χ2v) is 19.0. The summed E-state index contributed by atoms with van der Waals surface area (Å²) in [5, 5.41) is 23.8. The van der Waals surface area contributed by atoms with Gasteiger partial charge < -0.3 is 39.4 Å². The van der Waals surface area contributed by atoms with Gasteiger partial charge in [0, 0.05) is 85.6 Å². The molecule has 5 heterocycles. The van der Waals surface area contributed by atoms with E-state index < -0.39 is 33.3 Å². The lowest BCUT2D eigenvalue weighted by Crippen LogP contribution is -2.43. The summed E-state index contributed by atoms with van der Waals surface area (Å²) in [4.78, 5) is 34.5. The van der Waals surface area contributed by atoms with Crippen LogP contribution < -0.4 is 29.9 Å². The minimum atomic E-state index is -3.50. The normalized spacial score (nSPS) is 15.3. The number of hydrogen-bond donors (Lipinski definition) is 2. The largest absolute Gasteiger partial charge is 0.475 e. The molecule has 0 bridgehead atoms. The maximum Gasteiger partial charge on any atom is 0.286 e. The molecule has 2 aliphatic rings. The Labute approximate surface area is 404 Å². The van der Waals surface area contributed by atoms with Gasteiger partial charge in [-0.2, -0.15) is 8.78 Å². The molecule has 1 unspecified atom stereocenters. The Kier molecular flexibility index (Phi) is 14.9. The fourth-order valence-corrected chi connectivity index (χ4v) is 8.71. The first-order valence-electron chi connectivity index (χ1n) is 22.7. The zero-order valence-electron chi connectivity index (χ0n) is 39.4. The zero-order valence-corrected chi connectivity index (χ0v) is 40.2. The molecule has 0 aliphatic carbocycles. The second kappa shape index (κ2) is 21.2. The number of halogens is 2. The van der Waals surface area contributed by atoms with Crippen molar-refractivity contribution in [1.29, 1.82) is 0 Å². The van der Waals surface area contributed by atoms with Crippen molar-refractivity contribution in [2.45, 2.75) is 51.0 Å². The van der Waals surface area contributed by atoms with Crippen molar-refractivity contribution in [3.63, 3.8) is 0 Å². The highest BCUT2D eigenvalue weighted by Gasteiger charge is 2.28. The highest BCUT2D eigenvalue weighted by atomic mass is 32.2. The summed E-state index contributed by atoms with van der Waals surface area (Å²) in [6.07, 6.45) is 2.56. The number of benzene rings is 3. The van der Waals surface area contributed by atoms with E-state index in [0.29, 0.717) is 99.1 Å². The van der Waals surface area contributed by atoms with Gasteiger partial charge in [-0.1, -0.05) is 18.2 Å². The number of pyridine rings is 1. The molecule has 20 heteroatoms. The van der Waals surface area contributed by atoms with Crippen LogP contribution in [0.5, 0.6) is 11.8 Å². The Bertz CT molecular complexity index is 3010. The van der Waals surface area contributed by atoms with Gasteiger partial charge in [-0.15, -0.1) is 20.4 Å². The van der Waals surface area contributed by atoms with Gasteiger partial charge in [-0.05, 0) is 98.6 Å². The van der Waals surface area contributed by atoms with Gasteiger partial charge in [0.2, 0.25) is 0 Å². The molecule has 2 saturated heterocycles. The summed E-state index contributed by atoms with van der Waals surface area (Å²) in [5.41, 5.74) is 6.47. The fraction of sp³-hybridized carbons (Fsp3) is 0.340. The van der Waals surface area contributed by atoms with Crippen molar-refractivity contribution in [1.82, 2.24) is 25.4 Å². The number of ether oxygens (including phenoxy) is 4. The highest BCUT2D eigenvalue weighted by molar-refractivity contribution is 7.90. The minimum Gasteiger partial charge on any atom is -0.475 e. The fourth-order valence-electron chi connectivity index (χ4n) is 8.04. The molecule has 0 radical (unpaired) electrons. The smallest absolute Gasteiger partial charge is 0.286 e. The number of carbonyl (C=O) groups is 2. The van der Waals surface area contributed by atoms with Crippen LogP contribution in [0.25, 0.3) is 22.5 Å². The first kappa shape index (κ1) is 49.3. The van der Waals surface area contributed by atoms with Gasteiger partial charge in [0.1, 0.15) is 17.1 Å². The Morgan fingerprint density at radius 2 is 1.34 bits per heavy atom. The first-order valence-corrected chi connectivity index (χ1v) is 24.6. The lowest BCUT2D eigenvalue weighted by Gasteiger charge is -2.35. The lowest BCUT2D eigenvalue weighted by molar-refractivity contribution is 0.0127. The van der Waals surface area contributed by atoms with E-state index in [1.807, 2.05) is 51.1 Å². The van der Waals surface area contributed by atoms with Gasteiger partial charge in [0.15, 0.2) is 9.84 Å². The molecule has 70 heavy (non-hydrogen) atoms. The number of nitrogens with one attached hydrogen (secondary N) is 2. The molecule has 6 aromatic rings. The number of carbonyl (C=O) groups excluding carboxylic acids is 2. The molecule has 3 aromatic carbocycles. The van der Waals surface area contributed by atoms with Crippen LogP contribution in [-0.2, 0) is 25.2 Å². The molecule has 366 valence electrons. The predicted octanol–water partition coefficient (Wildman–Crippen LogP) is 7.54. The van der Waals surface area contributed by atoms with E-state index in [-0.39, 0.29) is 28.7 Å². The summed E-state index contributed by atoms with van der Waals surface area (Å²) in [6, 6.07) is 23.0. The molecule has 0 spiro atoms. The average Bonchev–Trinajstić information content (AvgIpc) is 3.35. The molecule has 2 fully saturated rings. The molecule has 2 amide bonds. The van der Waals surface area contributed by atoms with Crippen LogP contribution in [0.2, 0.25) is 0 Å². The van der Waals surface area contributed by atoms with Crippen molar-refractivity contribution in [2.75, 3.05) is 85.9 Å². The monoisotopic (exact) mass is 977 g/mol. The molecule has 0 saturated carbocycles. The number of morpholine rings is 2. The van der Waals surface area contributed by atoms with E-state index in [9.17, 15) is 26.8 Å². The topological polar surface area (TPSA) is 200 Å². The Hall–Kier alpha value is -7.16. The Morgan fingerprint density at radius 1 is 0.757 bits per heavy atom. The average molecular weight is 978 g/mol. The lowest BCUT2D eigenvalue weighted by atomic mass is 10.0. The van der Waals surface area contributed by atoms with Gasteiger partial charge in [-0.3, -0.25) is 14.6 Å². The van der Waals surface area contributed by atoms with Crippen molar-refractivity contribution < 1.29 is 45.7 Å². The molecule has 2 aliphatic heterocycles. The number of anilines is 4. The number of aryl methyl sites for hydroxylation is 2. The van der Waals surface area contributed by atoms with Gasteiger partial charge >= 0.3 is 0 Å². The first-order chi connectivity index (χ1) is 33.5. The molecule has 17 nitrogen and oxygen atoms in total. The molecular formula is C50H53F2N9O8S. The third-order valence-electron chi connectivity index (χ3n) is 11.8. The SMILES string of the molecule is CCOc1nnc(-c2cc(NC(=O)c3cccc(S(C)(=O)=O)c3)ccc2C)cc1N1CCOC(CCOc2nnc(-c3cc(NC(=O)c4ccnc(C(C)(F)F)c4)ccc3C)cc2N2CCOCC2)C1. The number of hydrogen-bond acceptors (Lipinski definition) is 15. The van der Waals surface area contributed by atoms with E-state index in [1.54, 1.807) is 24.3 Å². The minimum absolute atomic E-state index is 0.0486. The van der Waals surface area contributed by atoms with Crippen LogP contribution in [0.4, 0.5) is 31.5 Å². The van der Waals surface area contributed by atoms with Gasteiger partial charge in [-0.25, -0.2) is 8.42 Å². The van der Waals surface area contributed by atoms with E-state index in [4.69, 9.17) is 18.9 Å². The summed E-state index contributed by atoms with van der Waals surface area (Å²) in [7, 11) is -3.50. The molecule has 8 rings (SSSR count). The molecule has 3 aromatic heterocycles. The van der Waals surface area contributed by atoms with Crippen molar-refractivity contribution in [3.05, 3.63) is 119 Å². The van der Waals surface area contributed by atoms with Crippen LogP contribution in [0.15, 0.2) is 96.0 Å². The van der Waals surface area contributed by atoms with Crippen LogP contribution in [-0.4, -0.2) is 117 Å². The van der Waals surface area contributed by atoms with Crippen LogP contribution in [0.3, 0.4) is 0 Å². The summed E-state index contributed by atoms with van der Waals surface area (Å²) < 4.78 is 76.4. The second-order valence-electron chi connectivity index (χ2n) is 17.0. The van der Waals surface area contributed by atoms with Crippen LogP contribution in [0.1, 0.15) is 57.8 Å². The van der Waals surface area contributed by atoms with Crippen LogP contribution >= 0.6 is 0 Å². The molecule has 2 N–H and O–H groups in total. The Balaban J connectivity index is 0.964. The third kappa shape index (κ3) is 11.8. The van der Waals surface area contributed by atoms with E-state index >= 15 is 0 Å². The van der Waals surface area contributed by atoms with Crippen molar-refractivity contribution in [2.24, 2.45) is 0 Å². The van der Waals surface area contributed by atoms with Crippen LogP contribution in [0, 0.1) is 13.8 Å². The number of amides is 2. The van der Waals surface area contributed by atoms with E-state index in [0.717, 1.165) is 47.3 Å². The molecule has 1 atom stereocenters. The number of rotatable bonds is 16. The number of alkyl halides is 2. The number of nitrogens with zero attached hydrogens (tertiary/aromatic N) is 7. The van der Waals surface area contributed by atoms with E-state index in [1.165, 1.54) is 30.5 Å². The Morgan fingerprint density at radius 3 is 1.94 bits per heavy atom. The summed E-state index contributed by atoms with van der Waals surface area (Å²) in [5.74, 6) is -3.50. The van der Waals surface area contributed by atoms with Gasteiger partial charge in [0.25, 0.3) is 29.5 Å². The maximum atomic E-state index is 14.0. The zero-order chi connectivity index (χ0) is 49.6. The summed E-state index contributed by atoms with van der Waals surface area (Å²) >= 11 is 0.